The molecule has 0 aliphatic carbocycles. The Labute approximate surface area is 271 Å². The van der Waals surface area contributed by atoms with E-state index in [4.69, 9.17) is 32.9 Å². The van der Waals surface area contributed by atoms with E-state index in [-0.39, 0.29) is 24.7 Å². The first kappa shape index (κ1) is 34.9. The third-order valence-corrected chi connectivity index (χ3v) is 9.77. The summed E-state index contributed by atoms with van der Waals surface area (Å²) in [6, 6.07) is 18.3. The molecule has 0 saturated carbocycles. The minimum absolute atomic E-state index is 0.0100. The number of anilines is 1. The quantitative estimate of drug-likeness (QED) is 0.0427. The van der Waals surface area contributed by atoms with E-state index in [1.54, 1.807) is 48.5 Å². The standard InChI is InChI=1S/C29H31FN6O7P2S/c30-26-12-22(7-10-25(26)20-5-1-19(2-6-20)14-33-15-21(13-31)35-32)36-17-24(43-29(36)37)16-34-28(46)42-23-8-3-18(4-9-23)11-27(44(38)39)45(40)41/h1-10,12-13,24,27,33,38-39H,11,14-17H2,(H4-,31,32,34,40,41,46)/p+1/t24-,27?/m0/s1. The highest BCUT2D eigenvalue weighted by Crippen LogP contribution is 2.46. The summed E-state index contributed by atoms with van der Waals surface area (Å²) in [4.78, 5) is 41.9. The van der Waals surface area contributed by atoms with Crippen molar-refractivity contribution in [2.24, 2.45) is 10.9 Å². The zero-order valence-corrected chi connectivity index (χ0v) is 26.9. The molecule has 17 heteroatoms. The molecular weight excluding hydrogens is 657 g/mol. The molecule has 1 aliphatic rings. The average molecular weight is 690 g/mol. The summed E-state index contributed by atoms with van der Waals surface area (Å²) in [5, 5.41) is 15.6. The number of thiocarbonyl (C=S) groups is 1. The van der Waals surface area contributed by atoms with Crippen LogP contribution < -0.4 is 26.1 Å². The number of ether oxygens (including phenoxy) is 2. The van der Waals surface area contributed by atoms with Gasteiger partial charge in [-0.05, 0) is 63.8 Å². The lowest BCUT2D eigenvalue weighted by atomic mass is 10.0. The molecule has 13 nitrogen and oxygen atoms in total. The van der Waals surface area contributed by atoms with Crippen LogP contribution in [0.4, 0.5) is 14.9 Å². The van der Waals surface area contributed by atoms with Gasteiger partial charge in [0.2, 0.25) is 8.38 Å². The fraction of sp³-hybridized carbons (Fsp3) is 0.241. The van der Waals surface area contributed by atoms with Crippen LogP contribution in [0.2, 0.25) is 0 Å². The Balaban J connectivity index is 1.27. The summed E-state index contributed by atoms with van der Waals surface area (Å²) in [7, 11) is -5.31. The van der Waals surface area contributed by atoms with Crippen molar-refractivity contribution >= 4 is 57.5 Å². The molecule has 1 saturated heterocycles. The Morgan fingerprint density at radius 3 is 2.52 bits per heavy atom. The number of hydrogen-bond acceptors (Lipinski definition) is 11. The van der Waals surface area contributed by atoms with E-state index < -0.39 is 39.8 Å². The molecule has 1 aliphatic heterocycles. The van der Waals surface area contributed by atoms with Crippen LogP contribution in [0.5, 0.6) is 5.75 Å². The summed E-state index contributed by atoms with van der Waals surface area (Å²) in [5.74, 6) is 5.08. The molecule has 1 fully saturated rings. The van der Waals surface area contributed by atoms with Crippen LogP contribution in [0.1, 0.15) is 11.1 Å². The maximum atomic E-state index is 15.2. The van der Waals surface area contributed by atoms with Gasteiger partial charge in [-0.2, -0.15) is 9.99 Å². The van der Waals surface area contributed by atoms with Crippen LogP contribution in [-0.4, -0.2) is 69.0 Å². The fourth-order valence-corrected chi connectivity index (χ4v) is 6.14. The van der Waals surface area contributed by atoms with Crippen molar-refractivity contribution in [3.05, 3.63) is 83.7 Å². The van der Waals surface area contributed by atoms with Crippen LogP contribution in [0, 0.1) is 11.2 Å². The van der Waals surface area contributed by atoms with Crippen LogP contribution >= 0.6 is 28.6 Å². The normalized spacial score (nSPS) is 15.8. The van der Waals surface area contributed by atoms with Crippen molar-refractivity contribution in [3.8, 4) is 16.9 Å². The molecule has 8 N–H and O–H groups in total. The van der Waals surface area contributed by atoms with Gasteiger partial charge in [-0.15, -0.1) is 0 Å². The van der Waals surface area contributed by atoms with Gasteiger partial charge >= 0.3 is 14.1 Å². The Bertz CT molecular complexity index is 1600. The maximum Gasteiger partial charge on any atom is 0.518 e. The highest BCUT2D eigenvalue weighted by molar-refractivity contribution is 7.80. The Morgan fingerprint density at radius 2 is 1.91 bits per heavy atom. The summed E-state index contributed by atoms with van der Waals surface area (Å²) in [6.07, 6.45) is -0.122. The number of amides is 1. The van der Waals surface area contributed by atoms with Gasteiger partial charge in [0.25, 0.3) is 10.6 Å². The second-order valence-corrected chi connectivity index (χ2v) is 13.3. The van der Waals surface area contributed by atoms with Gasteiger partial charge in [-0.3, -0.25) is 4.90 Å². The van der Waals surface area contributed by atoms with Crippen LogP contribution in [0.15, 0.2) is 71.8 Å². The van der Waals surface area contributed by atoms with E-state index in [0.29, 0.717) is 46.9 Å². The number of cyclic esters (lactones) is 1. The van der Waals surface area contributed by atoms with Gasteiger partial charge < -0.3 is 41.1 Å². The first-order valence-corrected chi connectivity index (χ1v) is 16.8. The fourth-order valence-electron chi connectivity index (χ4n) is 4.51. The second kappa shape index (κ2) is 16.6. The van der Waals surface area contributed by atoms with E-state index in [9.17, 15) is 24.0 Å². The lowest BCUT2D eigenvalue weighted by molar-refractivity contribution is 0.142. The molecular formula is C29H32FN6O7P2S+. The first-order chi connectivity index (χ1) is 22.1. The van der Waals surface area contributed by atoms with Gasteiger partial charge in [0.15, 0.2) is 0 Å². The molecule has 0 aromatic heterocycles. The number of benzene rings is 3. The monoisotopic (exact) mass is 689 g/mol. The largest absolute Gasteiger partial charge is 0.518 e. The summed E-state index contributed by atoms with van der Waals surface area (Å²) < 4.78 is 37.5. The van der Waals surface area contributed by atoms with Gasteiger partial charge in [-0.25, -0.2) is 9.18 Å². The molecule has 0 radical (unpaired) electrons. The molecule has 1 amide bonds. The van der Waals surface area contributed by atoms with Gasteiger partial charge in [0.05, 0.1) is 24.5 Å². The Morgan fingerprint density at radius 1 is 1.22 bits per heavy atom. The number of hydrazone groups is 1. The summed E-state index contributed by atoms with van der Waals surface area (Å²) in [6.45, 7) is 1.17. The smallest absolute Gasteiger partial charge is 0.442 e. The molecule has 3 atom stereocenters. The number of nitrogens with one attached hydrogen (secondary N) is 3. The molecule has 2 unspecified atom stereocenters. The molecule has 0 bridgehead atoms. The number of nitrogens with two attached hydrogens (primary N) is 1. The lowest BCUT2D eigenvalue weighted by Crippen LogP contribution is -2.36. The third-order valence-electron chi connectivity index (χ3n) is 6.92. The second-order valence-electron chi connectivity index (χ2n) is 10.1. The predicted octanol–water partition coefficient (Wildman–Crippen LogP) is 3.73. The molecule has 242 valence electrons. The van der Waals surface area contributed by atoms with E-state index in [2.05, 4.69) is 15.7 Å². The highest BCUT2D eigenvalue weighted by Gasteiger charge is 2.37. The molecule has 3 aromatic rings. The summed E-state index contributed by atoms with van der Waals surface area (Å²) >= 11 is 5.23. The SMILES string of the molecule is N=CC(CNCc1ccc(-c2ccc(N3C[C@H](CNC(=S)Oc4ccc(CC(P(O)O)[P+](=O)O)cc4)OC3=O)cc2F)cc1)=NN. The number of nitrogens with zero attached hydrogens (tertiary/aromatic N) is 2. The van der Waals surface area contributed by atoms with Crippen molar-refractivity contribution in [2.45, 2.75) is 24.5 Å². The molecule has 1 heterocycles. The van der Waals surface area contributed by atoms with E-state index in [1.807, 2.05) is 12.1 Å². The van der Waals surface area contributed by atoms with E-state index >= 15 is 4.39 Å². The summed E-state index contributed by atoms with van der Waals surface area (Å²) in [5.41, 5.74) is 3.38. The van der Waals surface area contributed by atoms with Crippen molar-refractivity contribution in [1.82, 2.24) is 10.6 Å². The third kappa shape index (κ3) is 9.54. The minimum Gasteiger partial charge on any atom is -0.442 e. The number of carbonyl (C=O) groups is 1. The molecule has 0 spiro atoms. The highest BCUT2D eigenvalue weighted by atomic mass is 32.1. The average Bonchev–Trinajstić information content (AvgIpc) is 3.42. The minimum atomic E-state index is -2.75. The van der Waals surface area contributed by atoms with Gasteiger partial charge in [-0.1, -0.05) is 36.4 Å². The van der Waals surface area contributed by atoms with E-state index in [0.717, 1.165) is 11.8 Å². The zero-order chi connectivity index (χ0) is 33.2. The van der Waals surface area contributed by atoms with Gasteiger partial charge in [0, 0.05) is 31.3 Å². The van der Waals surface area contributed by atoms with Crippen LogP contribution in [0.3, 0.4) is 0 Å². The maximum absolute atomic E-state index is 15.2. The van der Waals surface area contributed by atoms with Crippen molar-refractivity contribution in [3.63, 3.8) is 0 Å². The first-order valence-electron chi connectivity index (χ1n) is 13.8. The Hall–Kier alpha value is -3.94. The van der Waals surface area contributed by atoms with Crippen LogP contribution in [-0.2, 0) is 22.3 Å². The van der Waals surface area contributed by atoms with Crippen molar-refractivity contribution in [2.75, 3.05) is 24.5 Å². The van der Waals surface area contributed by atoms with Crippen LogP contribution in [0.25, 0.3) is 11.1 Å². The van der Waals surface area contributed by atoms with Crippen molar-refractivity contribution < 1.29 is 37.9 Å². The van der Waals surface area contributed by atoms with Crippen molar-refractivity contribution in [1.29, 1.82) is 5.41 Å². The topological polar surface area (TPSA) is 203 Å². The van der Waals surface area contributed by atoms with E-state index in [1.165, 1.54) is 11.0 Å². The number of hydrogen-bond donors (Lipinski definition) is 7. The zero-order valence-electron chi connectivity index (χ0n) is 24.2. The lowest BCUT2D eigenvalue weighted by Gasteiger charge is -2.15. The predicted molar refractivity (Wildman–Crippen MR) is 178 cm³/mol. The number of rotatable bonds is 14. The molecule has 4 rings (SSSR count). The molecule has 46 heavy (non-hydrogen) atoms. The number of carbonyl (C=O) groups excluding carboxylic acids is 1. The molecule has 3 aromatic carbocycles. The number of halogens is 1. The Kier molecular flexibility index (Phi) is 12.6. The van der Waals surface area contributed by atoms with Gasteiger partial charge in [0.1, 0.15) is 17.7 Å².